The van der Waals surface area contributed by atoms with Crippen LogP contribution in [0.1, 0.15) is 38.3 Å². The van der Waals surface area contributed by atoms with Crippen molar-refractivity contribution < 1.29 is 13.2 Å². The summed E-state index contributed by atoms with van der Waals surface area (Å²) in [6.45, 7) is 7.67. The molecule has 1 rings (SSSR count). The maximum absolute atomic E-state index is 12.9. The van der Waals surface area contributed by atoms with Crippen LogP contribution in [0.4, 0.5) is 13.2 Å². The molecule has 0 atom stereocenters. The van der Waals surface area contributed by atoms with Crippen LogP contribution in [-0.2, 0) is 6.18 Å². The van der Waals surface area contributed by atoms with Crippen molar-refractivity contribution in [2.24, 2.45) is 5.92 Å². The van der Waals surface area contributed by atoms with Gasteiger partial charge >= 0.3 is 6.18 Å². The number of halogens is 3. The predicted octanol–water partition coefficient (Wildman–Crippen LogP) is 4.74. The number of rotatable bonds is 6. The minimum absolute atomic E-state index is 0.267. The molecule has 1 N–H and O–H groups in total. The molecule has 1 aromatic carbocycles. The molecule has 0 fully saturated rings. The number of allylic oxidation sites excluding steroid dienone is 1. The zero-order chi connectivity index (χ0) is 15.2. The predicted molar refractivity (Wildman–Crippen MR) is 77.4 cm³/mol. The first-order valence-electron chi connectivity index (χ1n) is 6.86. The van der Waals surface area contributed by atoms with Gasteiger partial charge in [0.05, 0.1) is 5.56 Å². The molecule has 20 heavy (non-hydrogen) atoms. The molecule has 0 radical (unpaired) electrons. The van der Waals surface area contributed by atoms with Crippen LogP contribution in [0.5, 0.6) is 0 Å². The molecule has 112 valence electrons. The Kier molecular flexibility index (Phi) is 6.27. The Morgan fingerprint density at radius 3 is 2.50 bits per heavy atom. The van der Waals surface area contributed by atoms with E-state index < -0.39 is 11.7 Å². The molecule has 0 unspecified atom stereocenters. The third kappa shape index (κ3) is 5.37. The van der Waals surface area contributed by atoms with Gasteiger partial charge in [-0.2, -0.15) is 13.2 Å². The lowest BCUT2D eigenvalue weighted by atomic mass is 9.99. The summed E-state index contributed by atoms with van der Waals surface area (Å²) in [6.07, 6.45) is -1.72. The van der Waals surface area contributed by atoms with E-state index in [4.69, 9.17) is 0 Å². The highest BCUT2D eigenvalue weighted by molar-refractivity contribution is 5.67. The van der Waals surface area contributed by atoms with Crippen molar-refractivity contribution in [2.45, 2.75) is 33.4 Å². The van der Waals surface area contributed by atoms with E-state index in [1.54, 1.807) is 13.0 Å². The van der Waals surface area contributed by atoms with Crippen LogP contribution in [0.15, 0.2) is 30.3 Å². The molecule has 1 aromatic rings. The van der Waals surface area contributed by atoms with Gasteiger partial charge in [-0.15, -0.1) is 0 Å². The Hall–Kier alpha value is -1.29. The van der Waals surface area contributed by atoms with Gasteiger partial charge in [0.25, 0.3) is 0 Å². The van der Waals surface area contributed by atoms with E-state index >= 15 is 0 Å². The molecular weight excluding hydrogens is 263 g/mol. The summed E-state index contributed by atoms with van der Waals surface area (Å²) < 4.78 is 38.7. The van der Waals surface area contributed by atoms with Crippen molar-refractivity contribution in [3.8, 4) is 0 Å². The van der Waals surface area contributed by atoms with E-state index in [0.29, 0.717) is 11.5 Å². The second kappa shape index (κ2) is 7.48. The minimum Gasteiger partial charge on any atom is -0.316 e. The fourth-order valence-electron chi connectivity index (χ4n) is 1.97. The van der Waals surface area contributed by atoms with E-state index in [1.165, 1.54) is 12.1 Å². The third-order valence-corrected chi connectivity index (χ3v) is 2.98. The van der Waals surface area contributed by atoms with E-state index in [9.17, 15) is 13.2 Å². The zero-order valence-corrected chi connectivity index (χ0v) is 12.2. The molecule has 0 aromatic heterocycles. The van der Waals surface area contributed by atoms with Crippen molar-refractivity contribution >= 4 is 5.57 Å². The largest absolute Gasteiger partial charge is 0.416 e. The highest BCUT2D eigenvalue weighted by atomic mass is 19.4. The van der Waals surface area contributed by atoms with Gasteiger partial charge in [-0.25, -0.2) is 0 Å². The van der Waals surface area contributed by atoms with Gasteiger partial charge in [-0.1, -0.05) is 38.1 Å². The van der Waals surface area contributed by atoms with Crippen molar-refractivity contribution in [1.82, 2.24) is 5.32 Å². The van der Waals surface area contributed by atoms with Crippen molar-refractivity contribution in [3.05, 3.63) is 41.5 Å². The van der Waals surface area contributed by atoms with Crippen LogP contribution in [0.2, 0.25) is 0 Å². The fraction of sp³-hybridized carbons (Fsp3) is 0.500. The molecule has 0 aliphatic carbocycles. The highest BCUT2D eigenvalue weighted by Gasteiger charge is 2.33. The van der Waals surface area contributed by atoms with Gasteiger partial charge in [0.2, 0.25) is 0 Å². The average Bonchev–Trinajstić information content (AvgIpc) is 2.36. The van der Waals surface area contributed by atoms with Crippen LogP contribution in [0.3, 0.4) is 0 Å². The van der Waals surface area contributed by atoms with Crippen LogP contribution in [0, 0.1) is 5.92 Å². The molecule has 0 saturated carbocycles. The first-order chi connectivity index (χ1) is 9.32. The molecule has 4 heteroatoms. The summed E-state index contributed by atoms with van der Waals surface area (Å²) in [5.41, 5.74) is 0.372. The van der Waals surface area contributed by atoms with E-state index in [1.807, 2.05) is 6.08 Å². The second-order valence-electron chi connectivity index (χ2n) is 5.32. The summed E-state index contributed by atoms with van der Waals surface area (Å²) in [5, 5.41) is 3.27. The quantitative estimate of drug-likeness (QED) is 0.744. The van der Waals surface area contributed by atoms with Gasteiger partial charge in [0, 0.05) is 0 Å². The number of benzene rings is 1. The van der Waals surface area contributed by atoms with Crippen LogP contribution in [-0.4, -0.2) is 13.1 Å². The van der Waals surface area contributed by atoms with E-state index in [2.05, 4.69) is 19.2 Å². The Labute approximate surface area is 118 Å². The lowest BCUT2D eigenvalue weighted by Gasteiger charge is -2.13. The monoisotopic (exact) mass is 285 g/mol. The standard InChI is InChI=1S/C16H22F3N/c1-12(2)11-20-10-6-7-13(3)14-8-4-5-9-15(14)16(17,18)19/h4-5,7-9,12,20H,6,10-11H2,1-3H3. The van der Waals surface area contributed by atoms with Crippen molar-refractivity contribution in [3.63, 3.8) is 0 Å². The maximum atomic E-state index is 12.9. The molecule has 1 nitrogen and oxygen atoms in total. The third-order valence-electron chi connectivity index (χ3n) is 2.98. The summed E-state index contributed by atoms with van der Waals surface area (Å²) >= 11 is 0. The number of alkyl halides is 3. The first kappa shape index (κ1) is 16.8. The Bertz CT molecular complexity index is 447. The average molecular weight is 285 g/mol. The molecular formula is C16H22F3N. The van der Waals surface area contributed by atoms with Gasteiger partial charge in [0.15, 0.2) is 0 Å². The van der Waals surface area contributed by atoms with Crippen LogP contribution < -0.4 is 5.32 Å². The second-order valence-corrected chi connectivity index (χ2v) is 5.32. The molecule has 0 amide bonds. The fourth-order valence-corrected chi connectivity index (χ4v) is 1.97. The summed E-state index contributed by atoms with van der Waals surface area (Å²) in [5.74, 6) is 0.575. The van der Waals surface area contributed by atoms with Gasteiger partial charge in [-0.3, -0.25) is 0 Å². The SMILES string of the molecule is CC(=CCCNCC(C)C)c1ccccc1C(F)(F)F. The molecule has 0 aliphatic rings. The summed E-state index contributed by atoms with van der Waals surface area (Å²) in [4.78, 5) is 0. The molecule has 0 heterocycles. The lowest BCUT2D eigenvalue weighted by Crippen LogP contribution is -2.20. The Morgan fingerprint density at radius 2 is 1.90 bits per heavy atom. The zero-order valence-electron chi connectivity index (χ0n) is 12.2. The van der Waals surface area contributed by atoms with E-state index in [-0.39, 0.29) is 5.56 Å². The normalized spacial score (nSPS) is 13.1. The number of hydrogen-bond donors (Lipinski definition) is 1. The van der Waals surface area contributed by atoms with Crippen LogP contribution >= 0.6 is 0 Å². The number of nitrogens with one attached hydrogen (secondary N) is 1. The smallest absolute Gasteiger partial charge is 0.316 e. The Balaban J connectivity index is 2.70. The molecule has 0 saturated heterocycles. The maximum Gasteiger partial charge on any atom is 0.416 e. The molecule has 0 spiro atoms. The lowest BCUT2D eigenvalue weighted by molar-refractivity contribution is -0.137. The van der Waals surface area contributed by atoms with Crippen molar-refractivity contribution in [1.29, 1.82) is 0 Å². The van der Waals surface area contributed by atoms with Gasteiger partial charge < -0.3 is 5.32 Å². The van der Waals surface area contributed by atoms with E-state index in [0.717, 1.165) is 25.6 Å². The Morgan fingerprint density at radius 1 is 1.25 bits per heavy atom. The topological polar surface area (TPSA) is 12.0 Å². The first-order valence-corrected chi connectivity index (χ1v) is 6.86. The summed E-state index contributed by atoms with van der Waals surface area (Å²) in [6, 6.07) is 5.71. The number of hydrogen-bond acceptors (Lipinski definition) is 1. The minimum atomic E-state index is -4.30. The molecule has 0 aliphatic heterocycles. The highest BCUT2D eigenvalue weighted by Crippen LogP contribution is 2.34. The summed E-state index contributed by atoms with van der Waals surface area (Å²) in [7, 11) is 0. The van der Waals surface area contributed by atoms with Gasteiger partial charge in [-0.05, 0) is 49.6 Å². The van der Waals surface area contributed by atoms with Crippen LogP contribution in [0.25, 0.3) is 5.57 Å². The van der Waals surface area contributed by atoms with Crippen molar-refractivity contribution in [2.75, 3.05) is 13.1 Å². The van der Waals surface area contributed by atoms with Gasteiger partial charge in [0.1, 0.15) is 0 Å². The molecule has 0 bridgehead atoms.